The number of ether oxygens (including phenoxy) is 1. The van der Waals surface area contributed by atoms with Crippen molar-refractivity contribution in [1.82, 2.24) is 5.32 Å². The van der Waals surface area contributed by atoms with E-state index in [1.807, 2.05) is 30.3 Å². The van der Waals surface area contributed by atoms with Gasteiger partial charge >= 0.3 is 12.0 Å². The van der Waals surface area contributed by atoms with Crippen molar-refractivity contribution in [2.75, 3.05) is 23.8 Å². The second-order valence-corrected chi connectivity index (χ2v) is 6.60. The summed E-state index contributed by atoms with van der Waals surface area (Å²) in [5.41, 5.74) is 2.42. The van der Waals surface area contributed by atoms with Crippen molar-refractivity contribution in [3.63, 3.8) is 0 Å². The summed E-state index contributed by atoms with van der Waals surface area (Å²) in [5, 5.41) is 8.00. The zero-order valence-corrected chi connectivity index (χ0v) is 16.7. The molecule has 154 valence electrons. The molecule has 1 atom stereocenters. The molecule has 7 nitrogen and oxygen atoms in total. The quantitative estimate of drug-likeness (QED) is 0.559. The van der Waals surface area contributed by atoms with Crippen LogP contribution in [0.2, 0.25) is 0 Å². The molecule has 0 aromatic heterocycles. The number of para-hydroxylation sites is 2. The maximum absolute atomic E-state index is 12.1. The lowest BCUT2D eigenvalue weighted by atomic mass is 9.97. The minimum absolute atomic E-state index is 0.0288. The normalized spacial score (nSPS) is 11.2. The van der Waals surface area contributed by atoms with Crippen LogP contribution < -0.4 is 16.0 Å². The topological polar surface area (TPSA) is 96.5 Å². The van der Waals surface area contributed by atoms with Gasteiger partial charge in [-0.1, -0.05) is 50.2 Å². The molecule has 0 saturated heterocycles. The average Bonchev–Trinajstić information content (AvgIpc) is 2.73. The lowest BCUT2D eigenvalue weighted by Gasteiger charge is -2.15. The molecule has 0 aliphatic carbocycles. The molecular formula is C22H27N3O4. The summed E-state index contributed by atoms with van der Waals surface area (Å²) in [4.78, 5) is 35.6. The first-order valence-electron chi connectivity index (χ1n) is 9.64. The standard InChI is InChI=1S/C22H27N3O4/c1-3-16(2)18-11-7-8-12-19(18)25-20(26)15-29-21(27)13-14-23-22(28)24-17-9-5-4-6-10-17/h4-12,16H,3,13-15H2,1-2H3,(H,25,26)(H2,23,24,28)/t16-/m1/s1. The first kappa shape index (κ1) is 21.9. The van der Waals surface area contributed by atoms with Gasteiger partial charge in [0.05, 0.1) is 6.42 Å². The van der Waals surface area contributed by atoms with Gasteiger partial charge in [0.25, 0.3) is 5.91 Å². The number of hydrogen-bond acceptors (Lipinski definition) is 4. The summed E-state index contributed by atoms with van der Waals surface area (Å²) < 4.78 is 4.98. The second kappa shape index (κ2) is 11.5. The van der Waals surface area contributed by atoms with Crippen LogP contribution in [-0.2, 0) is 14.3 Å². The number of urea groups is 1. The van der Waals surface area contributed by atoms with Crippen LogP contribution in [0.1, 0.15) is 38.2 Å². The van der Waals surface area contributed by atoms with Crippen molar-refractivity contribution < 1.29 is 19.1 Å². The van der Waals surface area contributed by atoms with E-state index in [2.05, 4.69) is 29.8 Å². The fraction of sp³-hybridized carbons (Fsp3) is 0.318. The van der Waals surface area contributed by atoms with E-state index in [-0.39, 0.29) is 19.6 Å². The van der Waals surface area contributed by atoms with Crippen LogP contribution >= 0.6 is 0 Å². The largest absolute Gasteiger partial charge is 0.456 e. The molecule has 3 N–H and O–H groups in total. The van der Waals surface area contributed by atoms with Crippen LogP contribution in [0.3, 0.4) is 0 Å². The molecule has 0 fully saturated rings. The van der Waals surface area contributed by atoms with Crippen molar-refractivity contribution in [1.29, 1.82) is 0 Å². The molecule has 0 aliphatic rings. The zero-order chi connectivity index (χ0) is 21.1. The number of hydrogen-bond donors (Lipinski definition) is 3. The van der Waals surface area contributed by atoms with Crippen LogP contribution in [0, 0.1) is 0 Å². The number of anilines is 2. The molecule has 0 saturated carbocycles. The number of carbonyl (C=O) groups excluding carboxylic acids is 3. The zero-order valence-electron chi connectivity index (χ0n) is 16.7. The summed E-state index contributed by atoms with van der Waals surface area (Å²) in [6, 6.07) is 16.1. The number of nitrogens with one attached hydrogen (secondary N) is 3. The smallest absolute Gasteiger partial charge is 0.319 e. The molecule has 0 unspecified atom stereocenters. The molecule has 0 spiro atoms. The van der Waals surface area contributed by atoms with Gasteiger partial charge in [-0.2, -0.15) is 0 Å². The van der Waals surface area contributed by atoms with E-state index >= 15 is 0 Å². The van der Waals surface area contributed by atoms with Crippen LogP contribution in [0.4, 0.5) is 16.2 Å². The Bertz CT molecular complexity index is 824. The predicted molar refractivity (Wildman–Crippen MR) is 113 cm³/mol. The highest BCUT2D eigenvalue weighted by atomic mass is 16.5. The van der Waals surface area contributed by atoms with Gasteiger partial charge < -0.3 is 20.7 Å². The van der Waals surface area contributed by atoms with Gasteiger partial charge in [-0.05, 0) is 36.1 Å². The van der Waals surface area contributed by atoms with Crippen LogP contribution in [0.15, 0.2) is 54.6 Å². The summed E-state index contributed by atoms with van der Waals surface area (Å²) in [6.07, 6.45) is 0.922. The maximum atomic E-state index is 12.1. The molecule has 0 bridgehead atoms. The minimum Gasteiger partial charge on any atom is -0.456 e. The number of esters is 1. The molecule has 0 aliphatic heterocycles. The van der Waals surface area contributed by atoms with Gasteiger partial charge in [0.1, 0.15) is 0 Å². The number of carbonyl (C=O) groups is 3. The number of rotatable bonds is 9. The molecule has 2 aromatic rings. The Morgan fingerprint density at radius 1 is 0.966 bits per heavy atom. The van der Waals surface area contributed by atoms with Crippen molar-refractivity contribution in [2.45, 2.75) is 32.6 Å². The Labute approximate surface area is 170 Å². The predicted octanol–water partition coefficient (Wildman–Crippen LogP) is 3.89. The van der Waals surface area contributed by atoms with E-state index in [0.29, 0.717) is 11.6 Å². The lowest BCUT2D eigenvalue weighted by Crippen LogP contribution is -2.31. The highest BCUT2D eigenvalue weighted by Gasteiger charge is 2.13. The highest BCUT2D eigenvalue weighted by Crippen LogP contribution is 2.26. The number of benzene rings is 2. The SMILES string of the molecule is CC[C@@H](C)c1ccccc1NC(=O)COC(=O)CCNC(=O)Nc1ccccc1. The highest BCUT2D eigenvalue weighted by molar-refractivity contribution is 5.93. The van der Waals surface area contributed by atoms with E-state index in [1.54, 1.807) is 24.3 Å². The molecule has 2 rings (SSSR count). The second-order valence-electron chi connectivity index (χ2n) is 6.60. The van der Waals surface area contributed by atoms with Gasteiger partial charge in [0, 0.05) is 17.9 Å². The van der Waals surface area contributed by atoms with E-state index < -0.39 is 17.9 Å². The van der Waals surface area contributed by atoms with Gasteiger partial charge in [0.2, 0.25) is 0 Å². The average molecular weight is 397 g/mol. The minimum atomic E-state index is -0.560. The van der Waals surface area contributed by atoms with Gasteiger partial charge in [0.15, 0.2) is 6.61 Å². The Morgan fingerprint density at radius 2 is 1.66 bits per heavy atom. The van der Waals surface area contributed by atoms with E-state index in [9.17, 15) is 14.4 Å². The van der Waals surface area contributed by atoms with Crippen molar-refractivity contribution in [2.24, 2.45) is 0 Å². The Morgan fingerprint density at radius 3 is 2.38 bits per heavy atom. The Balaban J connectivity index is 1.69. The van der Waals surface area contributed by atoms with Crippen molar-refractivity contribution in [3.05, 3.63) is 60.2 Å². The van der Waals surface area contributed by atoms with Gasteiger partial charge in [-0.3, -0.25) is 9.59 Å². The third kappa shape index (κ3) is 7.65. The third-order valence-electron chi connectivity index (χ3n) is 4.39. The van der Waals surface area contributed by atoms with Crippen LogP contribution in [0.25, 0.3) is 0 Å². The molecule has 0 heterocycles. The lowest BCUT2D eigenvalue weighted by molar-refractivity contribution is -0.147. The molecular weight excluding hydrogens is 370 g/mol. The molecule has 0 radical (unpaired) electrons. The molecule has 2 aromatic carbocycles. The Hall–Kier alpha value is -3.35. The summed E-state index contributed by atoms with van der Waals surface area (Å²) in [6.45, 7) is 3.91. The van der Waals surface area contributed by atoms with Gasteiger partial charge in [-0.25, -0.2) is 4.79 Å². The summed E-state index contributed by atoms with van der Waals surface area (Å²) in [7, 11) is 0. The van der Waals surface area contributed by atoms with Gasteiger partial charge in [-0.15, -0.1) is 0 Å². The first-order chi connectivity index (χ1) is 14.0. The molecule has 7 heteroatoms. The molecule has 29 heavy (non-hydrogen) atoms. The van der Waals surface area contributed by atoms with Crippen molar-refractivity contribution >= 4 is 29.3 Å². The van der Waals surface area contributed by atoms with Crippen LogP contribution in [-0.4, -0.2) is 31.1 Å². The fourth-order valence-corrected chi connectivity index (χ4v) is 2.64. The fourth-order valence-electron chi connectivity index (χ4n) is 2.64. The maximum Gasteiger partial charge on any atom is 0.319 e. The van der Waals surface area contributed by atoms with E-state index in [0.717, 1.165) is 17.7 Å². The third-order valence-corrected chi connectivity index (χ3v) is 4.39. The number of amides is 3. The van der Waals surface area contributed by atoms with Crippen molar-refractivity contribution in [3.8, 4) is 0 Å². The first-order valence-corrected chi connectivity index (χ1v) is 9.64. The monoisotopic (exact) mass is 397 g/mol. The van der Waals surface area contributed by atoms with E-state index in [4.69, 9.17) is 4.74 Å². The summed E-state index contributed by atoms with van der Waals surface area (Å²) in [5.74, 6) is -0.651. The van der Waals surface area contributed by atoms with E-state index in [1.165, 1.54) is 0 Å². The van der Waals surface area contributed by atoms with Crippen LogP contribution in [0.5, 0.6) is 0 Å². The Kier molecular flexibility index (Phi) is 8.69. The summed E-state index contributed by atoms with van der Waals surface area (Å²) >= 11 is 0. The molecule has 3 amide bonds.